The Labute approximate surface area is 124 Å². The van der Waals surface area contributed by atoms with Crippen LogP contribution in [0.1, 0.15) is 22.8 Å². The highest BCUT2D eigenvalue weighted by Gasteiger charge is 2.25. The van der Waals surface area contributed by atoms with E-state index < -0.39 is 33.5 Å². The second kappa shape index (κ2) is 6.26. The summed E-state index contributed by atoms with van der Waals surface area (Å²) in [6.45, 7) is 3.33. The summed E-state index contributed by atoms with van der Waals surface area (Å²) in [5, 5.41) is -0.910. The summed E-state index contributed by atoms with van der Waals surface area (Å²) in [7, 11) is -1.59. The van der Waals surface area contributed by atoms with Crippen molar-refractivity contribution in [2.24, 2.45) is 0 Å². The van der Waals surface area contributed by atoms with E-state index in [0.717, 1.165) is 17.7 Å². The van der Waals surface area contributed by atoms with E-state index in [2.05, 4.69) is 0 Å². The smallest absolute Gasteiger partial charge is 0.181 e. The molecule has 2 rings (SSSR count). The minimum atomic E-state index is -1.59. The fourth-order valence-electron chi connectivity index (χ4n) is 1.95. The first kappa shape index (κ1) is 15.5. The molecule has 0 aromatic heterocycles. The highest BCUT2D eigenvalue weighted by atomic mass is 32.2. The van der Waals surface area contributed by atoms with Crippen molar-refractivity contribution in [1.29, 1.82) is 0 Å². The van der Waals surface area contributed by atoms with Gasteiger partial charge in [0.1, 0.15) is 11.6 Å². The van der Waals surface area contributed by atoms with Gasteiger partial charge in [-0.2, -0.15) is 0 Å². The number of aryl methyl sites for hydroxylation is 1. The molecule has 0 saturated carbocycles. The number of carbonyl (C=O) groups is 1. The van der Waals surface area contributed by atoms with Crippen LogP contribution in [0, 0.1) is 18.6 Å². The first-order valence-corrected chi connectivity index (χ1v) is 7.58. The van der Waals surface area contributed by atoms with Gasteiger partial charge in [-0.25, -0.2) is 8.78 Å². The lowest BCUT2D eigenvalue weighted by Gasteiger charge is -2.11. The van der Waals surface area contributed by atoms with Gasteiger partial charge in [-0.1, -0.05) is 12.1 Å². The first-order chi connectivity index (χ1) is 9.90. The molecule has 2 aromatic rings. The lowest BCUT2D eigenvalue weighted by atomic mass is 10.1. The van der Waals surface area contributed by atoms with Gasteiger partial charge in [-0.15, -0.1) is 0 Å². The molecule has 0 saturated heterocycles. The Bertz CT molecular complexity index is 713. The largest absolute Gasteiger partial charge is 0.293 e. The fraction of sp³-hybridized carbons (Fsp3) is 0.188. The van der Waals surface area contributed by atoms with Crippen LogP contribution in [0.5, 0.6) is 0 Å². The Morgan fingerprint density at radius 3 is 2.48 bits per heavy atom. The van der Waals surface area contributed by atoms with E-state index in [4.69, 9.17) is 0 Å². The number of hydrogen-bond donors (Lipinski definition) is 0. The molecule has 0 aliphatic rings. The molecule has 0 N–H and O–H groups in total. The number of benzene rings is 2. The molecule has 21 heavy (non-hydrogen) atoms. The topological polar surface area (TPSA) is 34.1 Å². The SMILES string of the molecule is Cc1cccc(S(=O)C(C)C(=O)c2ccc(F)cc2F)c1. The van der Waals surface area contributed by atoms with Crippen LogP contribution in [0.4, 0.5) is 8.78 Å². The molecule has 5 heteroatoms. The third kappa shape index (κ3) is 3.42. The minimum absolute atomic E-state index is 0.245. The monoisotopic (exact) mass is 308 g/mol. The van der Waals surface area contributed by atoms with Crippen molar-refractivity contribution in [2.75, 3.05) is 0 Å². The standard InChI is InChI=1S/C16H14F2O2S/c1-10-4-3-5-13(8-10)21(20)11(2)16(19)14-7-6-12(17)9-15(14)18/h3-9,11H,1-2H3. The van der Waals surface area contributed by atoms with Crippen molar-refractivity contribution >= 4 is 16.6 Å². The zero-order chi connectivity index (χ0) is 15.6. The molecule has 110 valence electrons. The van der Waals surface area contributed by atoms with E-state index in [-0.39, 0.29) is 5.56 Å². The maximum atomic E-state index is 13.6. The zero-order valence-corrected chi connectivity index (χ0v) is 12.4. The van der Waals surface area contributed by atoms with Crippen molar-refractivity contribution in [3.05, 3.63) is 65.2 Å². The molecule has 0 aliphatic carbocycles. The van der Waals surface area contributed by atoms with Crippen LogP contribution in [-0.4, -0.2) is 15.2 Å². The van der Waals surface area contributed by atoms with Gasteiger partial charge in [0.2, 0.25) is 0 Å². The lowest BCUT2D eigenvalue weighted by Crippen LogP contribution is -2.24. The Morgan fingerprint density at radius 1 is 1.14 bits per heavy atom. The second-order valence-corrected chi connectivity index (χ2v) is 6.52. The summed E-state index contributed by atoms with van der Waals surface area (Å²) in [4.78, 5) is 12.7. The van der Waals surface area contributed by atoms with Gasteiger partial charge in [-0.05, 0) is 43.7 Å². The van der Waals surface area contributed by atoms with Crippen LogP contribution >= 0.6 is 0 Å². The van der Waals surface area contributed by atoms with Crippen molar-refractivity contribution in [3.8, 4) is 0 Å². The molecule has 2 aromatic carbocycles. The second-order valence-electron chi connectivity index (χ2n) is 4.74. The van der Waals surface area contributed by atoms with E-state index in [1.54, 1.807) is 18.2 Å². The van der Waals surface area contributed by atoms with Gasteiger partial charge >= 0.3 is 0 Å². The number of hydrogen-bond acceptors (Lipinski definition) is 2. The fourth-order valence-corrected chi connectivity index (χ4v) is 3.19. The zero-order valence-electron chi connectivity index (χ0n) is 11.6. The summed E-state index contributed by atoms with van der Waals surface area (Å²) in [6, 6.07) is 9.73. The third-order valence-corrected chi connectivity index (χ3v) is 4.68. The Balaban J connectivity index is 2.28. The third-order valence-electron chi connectivity index (χ3n) is 3.11. The van der Waals surface area contributed by atoms with Gasteiger partial charge in [0, 0.05) is 11.0 Å². The predicted molar refractivity (Wildman–Crippen MR) is 77.7 cm³/mol. The number of Topliss-reactive ketones (excluding diaryl/α,β-unsaturated/α-hetero) is 1. The molecule has 0 bridgehead atoms. The Hall–Kier alpha value is -1.88. The van der Waals surface area contributed by atoms with Crippen LogP contribution in [0.2, 0.25) is 0 Å². The first-order valence-electron chi connectivity index (χ1n) is 6.36. The molecule has 0 aliphatic heterocycles. The van der Waals surface area contributed by atoms with Gasteiger partial charge in [0.15, 0.2) is 5.78 Å². The van der Waals surface area contributed by atoms with Crippen molar-refractivity contribution in [2.45, 2.75) is 24.0 Å². The summed E-state index contributed by atoms with van der Waals surface area (Å²) in [6.07, 6.45) is 0. The van der Waals surface area contributed by atoms with E-state index in [1.165, 1.54) is 6.92 Å². The number of carbonyl (C=O) groups excluding carboxylic acids is 1. The molecular weight excluding hydrogens is 294 g/mol. The van der Waals surface area contributed by atoms with Crippen LogP contribution < -0.4 is 0 Å². The molecule has 0 radical (unpaired) electrons. The highest BCUT2D eigenvalue weighted by molar-refractivity contribution is 7.86. The summed E-state index contributed by atoms with van der Waals surface area (Å²) >= 11 is 0. The quantitative estimate of drug-likeness (QED) is 0.808. The van der Waals surface area contributed by atoms with E-state index >= 15 is 0 Å². The molecule has 2 unspecified atom stereocenters. The van der Waals surface area contributed by atoms with E-state index in [9.17, 15) is 17.8 Å². The maximum absolute atomic E-state index is 13.6. The Kier molecular flexibility index (Phi) is 4.63. The average Bonchev–Trinajstić information content (AvgIpc) is 2.45. The molecule has 2 nitrogen and oxygen atoms in total. The van der Waals surface area contributed by atoms with Gasteiger partial charge in [0.25, 0.3) is 0 Å². The Morgan fingerprint density at radius 2 is 1.86 bits per heavy atom. The average molecular weight is 308 g/mol. The maximum Gasteiger partial charge on any atom is 0.181 e. The van der Waals surface area contributed by atoms with Crippen molar-refractivity contribution in [1.82, 2.24) is 0 Å². The molecule has 0 heterocycles. The minimum Gasteiger partial charge on any atom is -0.293 e. The van der Waals surface area contributed by atoms with Crippen molar-refractivity contribution < 1.29 is 17.8 Å². The van der Waals surface area contributed by atoms with Gasteiger partial charge < -0.3 is 0 Å². The summed E-state index contributed by atoms with van der Waals surface area (Å²) < 4.78 is 38.9. The molecular formula is C16H14F2O2S. The molecule has 2 atom stereocenters. The van der Waals surface area contributed by atoms with Crippen LogP contribution in [-0.2, 0) is 10.8 Å². The normalized spacial score (nSPS) is 13.7. The number of halogens is 2. The summed E-state index contributed by atoms with van der Waals surface area (Å²) in [5.41, 5.74) is 0.679. The number of rotatable bonds is 4. The van der Waals surface area contributed by atoms with E-state index in [0.29, 0.717) is 11.0 Å². The predicted octanol–water partition coefficient (Wildman–Crippen LogP) is 3.65. The van der Waals surface area contributed by atoms with Crippen molar-refractivity contribution in [3.63, 3.8) is 0 Å². The van der Waals surface area contributed by atoms with Gasteiger partial charge in [0.05, 0.1) is 21.6 Å². The molecule has 0 spiro atoms. The lowest BCUT2D eigenvalue weighted by molar-refractivity contribution is 0.0988. The molecule has 0 amide bonds. The molecule has 0 fully saturated rings. The number of ketones is 1. The van der Waals surface area contributed by atoms with Crippen LogP contribution in [0.15, 0.2) is 47.4 Å². The highest BCUT2D eigenvalue weighted by Crippen LogP contribution is 2.18. The summed E-state index contributed by atoms with van der Waals surface area (Å²) in [5.74, 6) is -2.29. The van der Waals surface area contributed by atoms with Gasteiger partial charge in [-0.3, -0.25) is 9.00 Å². The van der Waals surface area contributed by atoms with Crippen LogP contribution in [0.25, 0.3) is 0 Å². The van der Waals surface area contributed by atoms with E-state index in [1.807, 2.05) is 13.0 Å². The van der Waals surface area contributed by atoms with Crippen LogP contribution in [0.3, 0.4) is 0 Å².